The highest BCUT2D eigenvalue weighted by Crippen LogP contribution is 2.29. The number of carbonyl (C=O) groups excluding carboxylic acids is 1. The molecule has 8 nitrogen and oxygen atoms in total. The van der Waals surface area contributed by atoms with Crippen LogP contribution in [0.5, 0.6) is 0 Å². The van der Waals surface area contributed by atoms with E-state index < -0.39 is 9.84 Å². The van der Waals surface area contributed by atoms with Crippen LogP contribution in [-0.4, -0.2) is 72.9 Å². The van der Waals surface area contributed by atoms with Crippen LogP contribution >= 0.6 is 0 Å². The number of hydrogen-bond donors (Lipinski definition) is 0. The third-order valence-electron chi connectivity index (χ3n) is 6.30. The van der Waals surface area contributed by atoms with Crippen LogP contribution in [0.1, 0.15) is 39.8 Å². The smallest absolute Gasteiger partial charge is 0.178 e. The maximum atomic E-state index is 13.1. The normalized spacial score (nSPS) is 21.2. The fourth-order valence-electron chi connectivity index (χ4n) is 4.74. The summed E-state index contributed by atoms with van der Waals surface area (Å²) >= 11 is 0. The molecule has 0 N–H and O–H groups in total. The van der Waals surface area contributed by atoms with Gasteiger partial charge in [-0.2, -0.15) is 5.26 Å². The molecule has 0 aromatic carbocycles. The molecule has 0 spiro atoms. The first kappa shape index (κ1) is 21.5. The zero-order valence-corrected chi connectivity index (χ0v) is 18.7. The van der Waals surface area contributed by atoms with Gasteiger partial charge >= 0.3 is 0 Å². The minimum Gasteiger partial charge on any atom is -0.353 e. The lowest BCUT2D eigenvalue weighted by molar-refractivity contribution is 0.0925. The Morgan fingerprint density at radius 1 is 1.26 bits per heavy atom. The Morgan fingerprint density at radius 3 is 2.65 bits per heavy atom. The number of rotatable bonds is 5. The van der Waals surface area contributed by atoms with Crippen molar-refractivity contribution in [1.29, 1.82) is 5.26 Å². The number of aromatic nitrogens is 2. The summed E-state index contributed by atoms with van der Waals surface area (Å²) in [7, 11) is -2.99. The quantitative estimate of drug-likeness (QED) is 0.652. The molecule has 0 saturated carbocycles. The van der Waals surface area contributed by atoms with Crippen LogP contribution in [0.2, 0.25) is 0 Å². The highest BCUT2D eigenvalue weighted by Gasteiger charge is 2.32. The molecular formula is C22H27N5O3S. The molecule has 1 unspecified atom stereocenters. The van der Waals surface area contributed by atoms with E-state index in [2.05, 4.69) is 20.9 Å². The molecule has 2 aliphatic rings. The third kappa shape index (κ3) is 4.36. The topological polar surface area (TPSA) is 99.3 Å². The lowest BCUT2D eigenvalue weighted by Crippen LogP contribution is -2.48. The van der Waals surface area contributed by atoms with Gasteiger partial charge in [0.2, 0.25) is 0 Å². The summed E-state index contributed by atoms with van der Waals surface area (Å²) in [6.45, 7) is 7.02. The largest absolute Gasteiger partial charge is 0.353 e. The Morgan fingerprint density at radius 2 is 2.00 bits per heavy atom. The summed E-state index contributed by atoms with van der Waals surface area (Å²) in [5.74, 6) is 1.12. The molecule has 0 aliphatic carbocycles. The number of anilines is 1. The molecule has 4 heterocycles. The molecule has 2 aromatic rings. The molecule has 164 valence electrons. The fourth-order valence-corrected chi connectivity index (χ4v) is 6.44. The van der Waals surface area contributed by atoms with Gasteiger partial charge in [-0.15, -0.1) is 0 Å². The number of piperazine rings is 1. The van der Waals surface area contributed by atoms with Crippen LogP contribution in [-0.2, 0) is 9.84 Å². The Balaban J connectivity index is 1.41. The van der Waals surface area contributed by atoms with E-state index in [1.807, 2.05) is 24.5 Å². The number of carbonyl (C=O) groups is 1. The van der Waals surface area contributed by atoms with Gasteiger partial charge in [0.25, 0.3) is 0 Å². The predicted octanol–water partition coefficient (Wildman–Crippen LogP) is 1.74. The summed E-state index contributed by atoms with van der Waals surface area (Å²) in [5.41, 5.74) is 3.04. The molecule has 2 fully saturated rings. The van der Waals surface area contributed by atoms with E-state index >= 15 is 0 Å². The van der Waals surface area contributed by atoms with Crippen molar-refractivity contribution in [2.75, 3.05) is 49.1 Å². The van der Waals surface area contributed by atoms with E-state index in [1.54, 1.807) is 18.3 Å². The molecule has 2 aliphatic heterocycles. The van der Waals surface area contributed by atoms with E-state index in [1.165, 1.54) is 0 Å². The van der Waals surface area contributed by atoms with E-state index in [9.17, 15) is 18.5 Å². The Hall–Kier alpha value is -2.70. The maximum Gasteiger partial charge on any atom is 0.178 e. The first-order chi connectivity index (χ1) is 14.8. The van der Waals surface area contributed by atoms with E-state index in [0.29, 0.717) is 56.1 Å². The van der Waals surface area contributed by atoms with Crippen LogP contribution < -0.4 is 4.90 Å². The van der Waals surface area contributed by atoms with Crippen molar-refractivity contribution in [2.45, 2.75) is 26.3 Å². The summed E-state index contributed by atoms with van der Waals surface area (Å²) in [5, 5.41) is 9.30. The Labute approximate surface area is 183 Å². The molecule has 1 atom stereocenters. The van der Waals surface area contributed by atoms with Gasteiger partial charge in [0.05, 0.1) is 23.6 Å². The number of ketones is 1. The monoisotopic (exact) mass is 441 g/mol. The molecule has 9 heteroatoms. The summed E-state index contributed by atoms with van der Waals surface area (Å²) in [6, 6.07) is 7.53. The fraction of sp³-hybridized carbons (Fsp3) is 0.500. The number of nitriles is 1. The van der Waals surface area contributed by atoms with Crippen molar-refractivity contribution in [1.82, 2.24) is 14.5 Å². The van der Waals surface area contributed by atoms with Crippen molar-refractivity contribution >= 4 is 21.4 Å². The Bertz CT molecular complexity index is 1140. The highest BCUT2D eigenvalue weighted by molar-refractivity contribution is 7.91. The van der Waals surface area contributed by atoms with Gasteiger partial charge in [0, 0.05) is 55.4 Å². The van der Waals surface area contributed by atoms with Gasteiger partial charge in [-0.3, -0.25) is 9.69 Å². The van der Waals surface area contributed by atoms with Crippen molar-refractivity contribution < 1.29 is 13.2 Å². The van der Waals surface area contributed by atoms with Crippen molar-refractivity contribution in [3.63, 3.8) is 0 Å². The number of pyridine rings is 1. The molecule has 2 aromatic heterocycles. The number of aryl methyl sites for hydroxylation is 1. The minimum atomic E-state index is -2.99. The van der Waals surface area contributed by atoms with Crippen molar-refractivity contribution in [3.8, 4) is 6.07 Å². The molecule has 31 heavy (non-hydrogen) atoms. The van der Waals surface area contributed by atoms with Crippen LogP contribution in [0.4, 0.5) is 5.82 Å². The van der Waals surface area contributed by atoms with Crippen molar-refractivity contribution in [2.24, 2.45) is 0 Å². The SMILES string of the molecule is Cc1cc(C(=O)CN2CCN(c3ncccc3C#N)CC2)c(C)n1C1CCS(=O)(=O)C1. The van der Waals surface area contributed by atoms with E-state index in [0.717, 1.165) is 11.4 Å². The molecule has 2 saturated heterocycles. The molecule has 0 bridgehead atoms. The van der Waals surface area contributed by atoms with E-state index in [4.69, 9.17) is 0 Å². The van der Waals surface area contributed by atoms with Gasteiger partial charge in [-0.05, 0) is 38.5 Å². The third-order valence-corrected chi connectivity index (χ3v) is 8.05. The second kappa shape index (κ2) is 8.44. The number of nitrogens with zero attached hydrogens (tertiary/aromatic N) is 5. The van der Waals surface area contributed by atoms with Gasteiger partial charge < -0.3 is 9.47 Å². The minimum absolute atomic E-state index is 0.0594. The number of sulfone groups is 1. The predicted molar refractivity (Wildman–Crippen MR) is 118 cm³/mol. The average Bonchev–Trinajstić information content (AvgIpc) is 3.26. The number of hydrogen-bond acceptors (Lipinski definition) is 7. The van der Waals surface area contributed by atoms with Crippen LogP contribution in [0.25, 0.3) is 0 Å². The highest BCUT2D eigenvalue weighted by atomic mass is 32.2. The zero-order chi connectivity index (χ0) is 22.2. The molecule has 0 amide bonds. The maximum absolute atomic E-state index is 13.1. The molecule has 0 radical (unpaired) electrons. The van der Waals surface area contributed by atoms with Gasteiger partial charge in [-0.25, -0.2) is 13.4 Å². The first-order valence-corrected chi connectivity index (χ1v) is 12.4. The first-order valence-electron chi connectivity index (χ1n) is 10.5. The average molecular weight is 442 g/mol. The number of Topliss-reactive ketones (excluding diaryl/α,β-unsaturated/α-hetero) is 1. The zero-order valence-electron chi connectivity index (χ0n) is 17.9. The lowest BCUT2D eigenvalue weighted by atomic mass is 10.1. The Kier molecular flexibility index (Phi) is 5.86. The van der Waals surface area contributed by atoms with Gasteiger partial charge in [0.15, 0.2) is 15.6 Å². The second-order valence-corrected chi connectivity index (χ2v) is 10.6. The van der Waals surface area contributed by atoms with Gasteiger partial charge in [0.1, 0.15) is 11.9 Å². The summed E-state index contributed by atoms with van der Waals surface area (Å²) in [6.07, 6.45) is 2.30. The standard InChI is InChI=1S/C22H27N5O3S/c1-16-12-20(17(2)27(16)19-5-11-31(29,30)15-19)21(28)14-25-7-9-26(10-8-25)22-18(13-23)4-3-6-24-22/h3-4,6,12,19H,5,7-11,14-15H2,1-2H3. The lowest BCUT2D eigenvalue weighted by Gasteiger charge is -2.35. The second-order valence-electron chi connectivity index (χ2n) is 8.38. The summed E-state index contributed by atoms with van der Waals surface area (Å²) < 4.78 is 25.8. The van der Waals surface area contributed by atoms with Crippen LogP contribution in [0, 0.1) is 25.2 Å². The van der Waals surface area contributed by atoms with Crippen LogP contribution in [0.3, 0.4) is 0 Å². The van der Waals surface area contributed by atoms with Crippen LogP contribution in [0.15, 0.2) is 24.4 Å². The van der Waals surface area contributed by atoms with Crippen molar-refractivity contribution in [3.05, 3.63) is 46.9 Å². The van der Waals surface area contributed by atoms with Gasteiger partial charge in [-0.1, -0.05) is 0 Å². The summed E-state index contributed by atoms with van der Waals surface area (Å²) in [4.78, 5) is 21.6. The molecular weight excluding hydrogens is 414 g/mol. The van der Waals surface area contributed by atoms with E-state index in [-0.39, 0.29) is 23.3 Å². The molecule has 4 rings (SSSR count).